The number of carbonyl (C=O) groups is 1. The van der Waals surface area contributed by atoms with Crippen molar-refractivity contribution in [2.24, 2.45) is 0 Å². The predicted molar refractivity (Wildman–Crippen MR) is 105 cm³/mol. The van der Waals surface area contributed by atoms with E-state index in [1.54, 1.807) is 12.1 Å². The smallest absolute Gasteiger partial charge is 0.321 e. The van der Waals surface area contributed by atoms with Gasteiger partial charge >= 0.3 is 18.0 Å². The van der Waals surface area contributed by atoms with Crippen LogP contribution in [-0.4, -0.2) is 24.0 Å². The SMILES string of the molecule is CCc1cc(C(F)(C(F)(F)F)C(F)(F)F)cc(C)c1NC(=O)c1ccc2c(c1)CCC2=N. The van der Waals surface area contributed by atoms with Crippen molar-refractivity contribution in [3.05, 3.63) is 63.7 Å². The number of hydrogen-bond donors (Lipinski definition) is 2. The second kappa shape index (κ2) is 7.90. The number of nitrogens with one attached hydrogen (secondary N) is 2. The normalized spacial score (nSPS) is 14.5. The number of alkyl halides is 7. The largest absolute Gasteiger partial charge is 0.435 e. The monoisotopic (exact) mass is 460 g/mol. The fraction of sp³-hybridized carbons (Fsp3) is 0.364. The minimum absolute atomic E-state index is 0.0289. The molecule has 10 heteroatoms. The quantitative estimate of drug-likeness (QED) is 0.509. The summed E-state index contributed by atoms with van der Waals surface area (Å²) < 4.78 is 93.4. The Labute approximate surface area is 179 Å². The number of fused-ring (bicyclic) bond motifs is 1. The Morgan fingerprint density at radius 1 is 1.00 bits per heavy atom. The summed E-state index contributed by atoms with van der Waals surface area (Å²) in [5.74, 6) is -0.616. The van der Waals surface area contributed by atoms with Gasteiger partial charge in [-0.1, -0.05) is 19.1 Å². The van der Waals surface area contributed by atoms with E-state index in [9.17, 15) is 35.5 Å². The second-order valence-electron chi connectivity index (χ2n) is 7.64. The van der Waals surface area contributed by atoms with E-state index in [0.717, 1.165) is 11.1 Å². The molecule has 0 heterocycles. The van der Waals surface area contributed by atoms with Crippen LogP contribution in [0, 0.1) is 12.3 Å². The third kappa shape index (κ3) is 3.86. The molecule has 3 rings (SSSR count). The van der Waals surface area contributed by atoms with Gasteiger partial charge in [0.1, 0.15) is 0 Å². The van der Waals surface area contributed by atoms with Crippen LogP contribution in [0.25, 0.3) is 0 Å². The molecule has 172 valence electrons. The lowest BCUT2D eigenvalue weighted by atomic mass is 9.89. The van der Waals surface area contributed by atoms with Crippen molar-refractivity contribution >= 4 is 17.3 Å². The summed E-state index contributed by atoms with van der Waals surface area (Å²) in [5.41, 5.74) is -5.06. The molecule has 32 heavy (non-hydrogen) atoms. The van der Waals surface area contributed by atoms with Crippen molar-refractivity contribution in [2.45, 2.75) is 51.1 Å². The molecule has 0 radical (unpaired) electrons. The number of anilines is 1. The van der Waals surface area contributed by atoms with Crippen molar-refractivity contribution in [3.63, 3.8) is 0 Å². The molecule has 2 N–H and O–H groups in total. The minimum atomic E-state index is -6.22. The Hall–Kier alpha value is -2.91. The molecule has 0 aliphatic heterocycles. The zero-order chi connectivity index (χ0) is 24.1. The third-order valence-electron chi connectivity index (χ3n) is 5.55. The number of carbonyl (C=O) groups excluding carboxylic acids is 1. The Balaban J connectivity index is 2.01. The summed E-state index contributed by atoms with van der Waals surface area (Å²) >= 11 is 0. The summed E-state index contributed by atoms with van der Waals surface area (Å²) in [6.07, 6.45) is -11.3. The van der Waals surface area contributed by atoms with Crippen molar-refractivity contribution in [1.82, 2.24) is 0 Å². The van der Waals surface area contributed by atoms with E-state index < -0.39 is 29.5 Å². The number of aryl methyl sites for hydroxylation is 3. The number of hydrogen-bond acceptors (Lipinski definition) is 2. The molecule has 0 aromatic heterocycles. The Morgan fingerprint density at radius 2 is 1.62 bits per heavy atom. The van der Waals surface area contributed by atoms with E-state index in [-0.39, 0.29) is 28.8 Å². The molecular formula is C22H19F7N2O. The van der Waals surface area contributed by atoms with Gasteiger partial charge in [0.05, 0.1) is 0 Å². The van der Waals surface area contributed by atoms with E-state index in [2.05, 4.69) is 5.32 Å². The fourth-order valence-corrected chi connectivity index (χ4v) is 3.82. The van der Waals surface area contributed by atoms with Gasteiger partial charge in [0.2, 0.25) is 0 Å². The maximum absolute atomic E-state index is 14.5. The summed E-state index contributed by atoms with van der Waals surface area (Å²) in [4.78, 5) is 12.7. The predicted octanol–water partition coefficient (Wildman–Crippen LogP) is 6.41. The van der Waals surface area contributed by atoms with Crippen LogP contribution in [0.3, 0.4) is 0 Å². The Morgan fingerprint density at radius 3 is 2.19 bits per heavy atom. The Kier molecular flexibility index (Phi) is 5.86. The summed E-state index contributed by atoms with van der Waals surface area (Å²) in [5, 5.41) is 10.4. The van der Waals surface area contributed by atoms with Crippen LogP contribution >= 0.6 is 0 Å². The number of amides is 1. The topological polar surface area (TPSA) is 53.0 Å². The average molecular weight is 460 g/mol. The maximum atomic E-state index is 14.5. The molecule has 2 aromatic carbocycles. The summed E-state index contributed by atoms with van der Waals surface area (Å²) in [6.45, 7) is 2.67. The first kappa shape index (κ1) is 23.7. The van der Waals surface area contributed by atoms with Gasteiger partial charge in [0.25, 0.3) is 5.91 Å². The highest BCUT2D eigenvalue weighted by Gasteiger charge is 2.73. The zero-order valence-electron chi connectivity index (χ0n) is 17.1. The molecule has 2 aromatic rings. The Bertz CT molecular complexity index is 1070. The molecule has 0 spiro atoms. The molecule has 1 amide bonds. The lowest BCUT2D eigenvalue weighted by molar-refractivity contribution is -0.348. The van der Waals surface area contributed by atoms with Crippen LogP contribution in [0.5, 0.6) is 0 Å². The third-order valence-corrected chi connectivity index (χ3v) is 5.55. The molecule has 1 aliphatic carbocycles. The molecule has 0 fully saturated rings. The van der Waals surface area contributed by atoms with Gasteiger partial charge < -0.3 is 10.7 Å². The molecule has 0 bridgehead atoms. The first-order valence-corrected chi connectivity index (χ1v) is 9.69. The molecule has 0 saturated carbocycles. The zero-order valence-corrected chi connectivity index (χ0v) is 17.1. The van der Waals surface area contributed by atoms with Gasteiger partial charge in [0, 0.05) is 22.5 Å². The lowest BCUT2D eigenvalue weighted by Gasteiger charge is -2.31. The van der Waals surface area contributed by atoms with E-state index in [0.29, 0.717) is 30.7 Å². The summed E-state index contributed by atoms with van der Waals surface area (Å²) in [7, 11) is 0. The van der Waals surface area contributed by atoms with Crippen LogP contribution in [-0.2, 0) is 18.5 Å². The van der Waals surface area contributed by atoms with Gasteiger partial charge in [-0.2, -0.15) is 26.3 Å². The highest BCUT2D eigenvalue weighted by molar-refractivity contribution is 6.07. The van der Waals surface area contributed by atoms with Gasteiger partial charge in [-0.3, -0.25) is 4.79 Å². The molecule has 1 aliphatic rings. The van der Waals surface area contributed by atoms with Gasteiger partial charge in [0.15, 0.2) is 0 Å². The fourth-order valence-electron chi connectivity index (χ4n) is 3.82. The first-order valence-electron chi connectivity index (χ1n) is 9.69. The van der Waals surface area contributed by atoms with E-state index in [1.165, 1.54) is 19.9 Å². The lowest BCUT2D eigenvalue weighted by Crippen LogP contribution is -2.50. The van der Waals surface area contributed by atoms with Crippen molar-refractivity contribution in [2.75, 3.05) is 5.32 Å². The van der Waals surface area contributed by atoms with Crippen LogP contribution in [0.2, 0.25) is 0 Å². The van der Waals surface area contributed by atoms with Crippen molar-refractivity contribution in [3.8, 4) is 0 Å². The number of rotatable bonds is 4. The van der Waals surface area contributed by atoms with Crippen LogP contribution in [0.4, 0.5) is 36.4 Å². The number of benzene rings is 2. The van der Waals surface area contributed by atoms with Crippen molar-refractivity contribution in [1.29, 1.82) is 5.41 Å². The van der Waals surface area contributed by atoms with Gasteiger partial charge in [-0.25, -0.2) is 4.39 Å². The molecule has 0 atom stereocenters. The summed E-state index contributed by atoms with van der Waals surface area (Å²) in [6, 6.07) is 5.67. The highest BCUT2D eigenvalue weighted by Crippen LogP contribution is 2.53. The van der Waals surface area contributed by atoms with Crippen LogP contribution in [0.15, 0.2) is 30.3 Å². The molecule has 0 unspecified atom stereocenters. The van der Waals surface area contributed by atoms with Crippen LogP contribution in [0.1, 0.15) is 51.5 Å². The standard InChI is InChI=1S/C22H19F7N2O/c1-3-12-10-15(20(23,21(24,25)26)22(27,28)29)8-11(2)18(12)31-19(32)14-4-6-16-13(9-14)5-7-17(16)30/h4,6,8-10,30H,3,5,7H2,1-2H3,(H,31,32). The van der Waals surface area contributed by atoms with E-state index in [1.807, 2.05) is 0 Å². The van der Waals surface area contributed by atoms with Gasteiger partial charge in [-0.05, 0) is 66.6 Å². The highest BCUT2D eigenvalue weighted by atomic mass is 19.4. The number of halogens is 7. The maximum Gasteiger partial charge on any atom is 0.435 e. The van der Waals surface area contributed by atoms with E-state index >= 15 is 0 Å². The average Bonchev–Trinajstić information content (AvgIpc) is 3.07. The van der Waals surface area contributed by atoms with Crippen molar-refractivity contribution < 1.29 is 35.5 Å². The van der Waals surface area contributed by atoms with Gasteiger partial charge in [-0.15, -0.1) is 0 Å². The minimum Gasteiger partial charge on any atom is -0.321 e. The second-order valence-corrected chi connectivity index (χ2v) is 7.64. The van der Waals surface area contributed by atoms with E-state index in [4.69, 9.17) is 5.41 Å². The van der Waals surface area contributed by atoms with Crippen LogP contribution < -0.4 is 5.32 Å². The molecule has 3 nitrogen and oxygen atoms in total. The molecular weight excluding hydrogens is 441 g/mol. The first-order chi connectivity index (χ1) is 14.7. The molecule has 0 saturated heterocycles.